The number of methoxy groups -OCH3 is 1. The van der Waals surface area contributed by atoms with E-state index in [2.05, 4.69) is 40.5 Å². The largest absolute Gasteiger partial charge is 0.497 e. The molecule has 1 aromatic carbocycles. The highest BCUT2D eigenvalue weighted by Crippen LogP contribution is 2.20. The van der Waals surface area contributed by atoms with Crippen LogP contribution in [0.4, 0.5) is 5.69 Å². The van der Waals surface area contributed by atoms with Crippen LogP contribution < -0.4 is 31.4 Å². The highest BCUT2D eigenvalue weighted by molar-refractivity contribution is 5.94. The van der Waals surface area contributed by atoms with Crippen molar-refractivity contribution in [3.8, 4) is 5.75 Å². The van der Waals surface area contributed by atoms with Crippen molar-refractivity contribution < 1.29 is 14.3 Å². The molecule has 0 spiro atoms. The molecule has 2 saturated heterocycles. The van der Waals surface area contributed by atoms with Crippen LogP contribution >= 0.6 is 0 Å². The molecule has 1 aromatic rings. The van der Waals surface area contributed by atoms with Gasteiger partial charge in [-0.15, -0.1) is 0 Å². The third-order valence-corrected chi connectivity index (χ3v) is 4.86. The van der Waals surface area contributed by atoms with Crippen LogP contribution in [-0.4, -0.2) is 55.0 Å². The number of rotatable bonds is 6. The van der Waals surface area contributed by atoms with E-state index in [4.69, 9.17) is 4.74 Å². The van der Waals surface area contributed by atoms with Gasteiger partial charge in [0.2, 0.25) is 11.8 Å². The number of carbonyl (C=O) groups excluding carboxylic acids is 2. The molecule has 2 aliphatic heterocycles. The Morgan fingerprint density at radius 3 is 2.59 bits per heavy atom. The predicted octanol–water partition coefficient (Wildman–Crippen LogP) is -0.214. The van der Waals surface area contributed by atoms with Gasteiger partial charge < -0.3 is 15.4 Å². The van der Waals surface area contributed by atoms with E-state index in [0.717, 1.165) is 5.75 Å². The molecule has 2 heterocycles. The van der Waals surface area contributed by atoms with Crippen molar-refractivity contribution in [1.29, 1.82) is 0 Å². The standard InChI is InChI=1S/C18H28N6O3/c1-10(2)24-15-14(9-19-24)17(26)23-18(22-15)20-11(3)16(25)21-12-5-7-13(27-4)8-6-12/h5-8,10-11,14-15,18-20,22H,9H2,1-4H3,(H,21,25)(H,23,26). The summed E-state index contributed by atoms with van der Waals surface area (Å²) in [4.78, 5) is 24.8. The molecule has 9 heteroatoms. The predicted molar refractivity (Wildman–Crippen MR) is 102 cm³/mol. The second-order valence-electron chi connectivity index (χ2n) is 7.13. The summed E-state index contributed by atoms with van der Waals surface area (Å²) in [5.74, 6) is 0.342. The molecule has 0 aliphatic carbocycles. The Morgan fingerprint density at radius 2 is 1.96 bits per heavy atom. The Kier molecular flexibility index (Phi) is 5.95. The van der Waals surface area contributed by atoms with Crippen molar-refractivity contribution in [2.75, 3.05) is 19.0 Å². The Labute approximate surface area is 159 Å². The minimum absolute atomic E-state index is 0.0327. The van der Waals surface area contributed by atoms with Gasteiger partial charge in [-0.2, -0.15) is 0 Å². The number of ether oxygens (including phenoxy) is 1. The zero-order valence-electron chi connectivity index (χ0n) is 16.1. The van der Waals surface area contributed by atoms with Crippen molar-refractivity contribution in [2.45, 2.75) is 45.3 Å². The molecular weight excluding hydrogens is 348 g/mol. The van der Waals surface area contributed by atoms with Crippen molar-refractivity contribution in [2.24, 2.45) is 5.92 Å². The monoisotopic (exact) mass is 376 g/mol. The number of nitrogens with one attached hydrogen (secondary N) is 5. The fraction of sp³-hybridized carbons (Fsp3) is 0.556. The second-order valence-corrected chi connectivity index (χ2v) is 7.13. The lowest BCUT2D eigenvalue weighted by Crippen LogP contribution is -2.70. The topological polar surface area (TPSA) is 107 Å². The summed E-state index contributed by atoms with van der Waals surface area (Å²) in [7, 11) is 1.59. The third kappa shape index (κ3) is 4.38. The Morgan fingerprint density at radius 1 is 1.26 bits per heavy atom. The quantitative estimate of drug-likeness (QED) is 0.468. The zero-order valence-corrected chi connectivity index (χ0v) is 16.1. The zero-order chi connectivity index (χ0) is 19.6. The van der Waals surface area contributed by atoms with Gasteiger partial charge in [-0.05, 0) is 45.0 Å². The third-order valence-electron chi connectivity index (χ3n) is 4.86. The molecule has 3 rings (SSSR count). The van der Waals surface area contributed by atoms with Gasteiger partial charge in [-0.1, -0.05) is 0 Å². The number of fused-ring (bicyclic) bond motifs is 1. The van der Waals surface area contributed by atoms with E-state index in [9.17, 15) is 9.59 Å². The minimum atomic E-state index is -0.511. The van der Waals surface area contributed by atoms with Crippen LogP contribution in [0.15, 0.2) is 24.3 Å². The molecule has 2 fully saturated rings. The molecule has 27 heavy (non-hydrogen) atoms. The molecule has 5 N–H and O–H groups in total. The van der Waals surface area contributed by atoms with Crippen LogP contribution in [0.3, 0.4) is 0 Å². The fourth-order valence-electron chi connectivity index (χ4n) is 3.35. The summed E-state index contributed by atoms with van der Waals surface area (Å²) >= 11 is 0. The number of hydrogen-bond acceptors (Lipinski definition) is 7. The smallest absolute Gasteiger partial charge is 0.241 e. The van der Waals surface area contributed by atoms with E-state index in [1.165, 1.54) is 0 Å². The number of carbonyl (C=O) groups is 2. The summed E-state index contributed by atoms with van der Waals surface area (Å²) in [6, 6.07) is 6.85. The van der Waals surface area contributed by atoms with E-state index in [-0.39, 0.29) is 29.9 Å². The van der Waals surface area contributed by atoms with Crippen molar-refractivity contribution in [3.63, 3.8) is 0 Å². The van der Waals surface area contributed by atoms with Crippen LogP contribution in [0.5, 0.6) is 5.75 Å². The molecule has 2 amide bonds. The summed E-state index contributed by atoms with van der Waals surface area (Å²) in [6.45, 7) is 6.49. The molecule has 4 unspecified atom stereocenters. The number of amides is 2. The Balaban J connectivity index is 1.57. The average molecular weight is 376 g/mol. The van der Waals surface area contributed by atoms with Gasteiger partial charge in [0.1, 0.15) is 12.0 Å². The fourth-order valence-corrected chi connectivity index (χ4v) is 3.35. The molecule has 9 nitrogen and oxygen atoms in total. The first-order chi connectivity index (χ1) is 12.9. The van der Waals surface area contributed by atoms with Crippen molar-refractivity contribution in [3.05, 3.63) is 24.3 Å². The molecule has 148 valence electrons. The van der Waals surface area contributed by atoms with Crippen LogP contribution in [0.25, 0.3) is 0 Å². The van der Waals surface area contributed by atoms with Gasteiger partial charge in [0.05, 0.1) is 25.2 Å². The Bertz CT molecular complexity index is 680. The molecular formula is C18H28N6O3. The van der Waals surface area contributed by atoms with E-state index in [1.807, 2.05) is 5.01 Å². The van der Waals surface area contributed by atoms with Crippen LogP contribution in [-0.2, 0) is 9.59 Å². The van der Waals surface area contributed by atoms with Gasteiger partial charge in [0, 0.05) is 18.3 Å². The highest BCUT2D eigenvalue weighted by Gasteiger charge is 2.44. The molecule has 0 aromatic heterocycles. The SMILES string of the molecule is COc1ccc(NC(=O)C(C)NC2NC(=O)C3CNN(C(C)C)C3N2)cc1. The van der Waals surface area contributed by atoms with Crippen molar-refractivity contribution >= 4 is 17.5 Å². The number of hydrazine groups is 1. The number of anilines is 1. The highest BCUT2D eigenvalue weighted by atomic mass is 16.5. The average Bonchev–Trinajstić information content (AvgIpc) is 3.07. The van der Waals surface area contributed by atoms with Gasteiger partial charge in [-0.3, -0.25) is 25.6 Å². The lowest BCUT2D eigenvalue weighted by atomic mass is 10.0. The molecule has 0 saturated carbocycles. The molecule has 0 radical (unpaired) electrons. The van der Waals surface area contributed by atoms with Gasteiger partial charge in [0.25, 0.3) is 0 Å². The first-order valence-electron chi connectivity index (χ1n) is 9.18. The second kappa shape index (κ2) is 8.22. The van der Waals surface area contributed by atoms with Gasteiger partial charge >= 0.3 is 0 Å². The summed E-state index contributed by atoms with van der Waals surface area (Å²) in [5.41, 5.74) is 3.94. The number of benzene rings is 1. The lowest BCUT2D eigenvalue weighted by Gasteiger charge is -2.39. The van der Waals surface area contributed by atoms with Gasteiger partial charge in [0.15, 0.2) is 0 Å². The van der Waals surface area contributed by atoms with Crippen molar-refractivity contribution in [1.82, 2.24) is 26.4 Å². The molecule has 0 bridgehead atoms. The molecule has 2 aliphatic rings. The maximum Gasteiger partial charge on any atom is 0.241 e. The van der Waals surface area contributed by atoms with E-state index < -0.39 is 12.3 Å². The normalized spacial score (nSPS) is 26.4. The van der Waals surface area contributed by atoms with Crippen LogP contribution in [0.2, 0.25) is 0 Å². The van der Waals surface area contributed by atoms with Gasteiger partial charge in [-0.25, -0.2) is 5.01 Å². The van der Waals surface area contributed by atoms with Crippen LogP contribution in [0.1, 0.15) is 20.8 Å². The first-order valence-corrected chi connectivity index (χ1v) is 9.18. The summed E-state index contributed by atoms with van der Waals surface area (Å²) in [6.07, 6.45) is -0.607. The first kappa shape index (κ1) is 19.6. The van der Waals surface area contributed by atoms with Crippen LogP contribution in [0, 0.1) is 5.92 Å². The summed E-state index contributed by atoms with van der Waals surface area (Å²) in [5, 5.41) is 14.3. The van der Waals surface area contributed by atoms with E-state index in [0.29, 0.717) is 12.2 Å². The molecule has 4 atom stereocenters. The van der Waals surface area contributed by atoms with E-state index >= 15 is 0 Å². The van der Waals surface area contributed by atoms with E-state index in [1.54, 1.807) is 38.3 Å². The summed E-state index contributed by atoms with van der Waals surface area (Å²) < 4.78 is 5.11. The number of nitrogens with zero attached hydrogens (tertiary/aromatic N) is 1. The maximum atomic E-state index is 12.5. The number of hydrogen-bond donors (Lipinski definition) is 5. The lowest BCUT2D eigenvalue weighted by molar-refractivity contribution is -0.131. The minimum Gasteiger partial charge on any atom is -0.497 e. The maximum absolute atomic E-state index is 12.5. The Hall–Kier alpha value is -2.20.